The van der Waals surface area contributed by atoms with E-state index in [1.54, 1.807) is 14.2 Å². The molecule has 2 aromatic rings. The molecule has 6 nitrogen and oxygen atoms in total. The molecule has 1 unspecified atom stereocenters. The molecule has 0 saturated carbocycles. The average molecular weight is 384 g/mol. The van der Waals surface area contributed by atoms with Gasteiger partial charge in [0, 0.05) is 13.1 Å². The molecule has 6 heteroatoms. The number of morpholine rings is 1. The van der Waals surface area contributed by atoms with Crippen LogP contribution in [0.2, 0.25) is 0 Å². The van der Waals surface area contributed by atoms with Gasteiger partial charge in [0.25, 0.3) is 0 Å². The van der Waals surface area contributed by atoms with Gasteiger partial charge in [0.2, 0.25) is 5.91 Å². The van der Waals surface area contributed by atoms with Gasteiger partial charge in [0.05, 0.1) is 39.5 Å². The van der Waals surface area contributed by atoms with E-state index in [4.69, 9.17) is 14.2 Å². The van der Waals surface area contributed by atoms with E-state index in [9.17, 15) is 4.79 Å². The molecule has 1 amide bonds. The third kappa shape index (κ3) is 5.24. The molecule has 0 spiro atoms. The summed E-state index contributed by atoms with van der Waals surface area (Å²) >= 11 is 0. The van der Waals surface area contributed by atoms with Gasteiger partial charge in [-0.15, -0.1) is 0 Å². The van der Waals surface area contributed by atoms with Crippen LogP contribution in [0, 0.1) is 0 Å². The van der Waals surface area contributed by atoms with Crippen molar-refractivity contribution in [2.75, 3.05) is 40.5 Å². The summed E-state index contributed by atoms with van der Waals surface area (Å²) in [6, 6.07) is 15.3. The number of methoxy groups -OCH3 is 2. The van der Waals surface area contributed by atoms with Gasteiger partial charge in [0.1, 0.15) is 11.5 Å². The molecule has 1 saturated heterocycles. The zero-order valence-corrected chi connectivity index (χ0v) is 16.7. The fourth-order valence-electron chi connectivity index (χ4n) is 3.40. The van der Waals surface area contributed by atoms with Gasteiger partial charge in [-0.2, -0.15) is 0 Å². The molecule has 28 heavy (non-hydrogen) atoms. The van der Waals surface area contributed by atoms with E-state index in [2.05, 4.69) is 10.2 Å². The summed E-state index contributed by atoms with van der Waals surface area (Å²) in [5.74, 6) is 1.56. The minimum atomic E-state index is -0.247. The van der Waals surface area contributed by atoms with Crippen molar-refractivity contribution in [1.29, 1.82) is 0 Å². The maximum Gasteiger partial charge on any atom is 0.234 e. The molecule has 0 aliphatic carbocycles. The number of hydrogen-bond acceptors (Lipinski definition) is 5. The topological polar surface area (TPSA) is 60.0 Å². The van der Waals surface area contributed by atoms with Crippen LogP contribution < -0.4 is 14.8 Å². The number of carbonyl (C=O) groups excluding carboxylic acids is 1. The summed E-state index contributed by atoms with van der Waals surface area (Å²) in [6.07, 6.45) is 0.153. The van der Waals surface area contributed by atoms with Gasteiger partial charge in [-0.3, -0.25) is 9.69 Å². The molecular weight excluding hydrogens is 356 g/mol. The van der Waals surface area contributed by atoms with Crippen molar-refractivity contribution in [1.82, 2.24) is 10.2 Å². The van der Waals surface area contributed by atoms with Crippen LogP contribution in [0.3, 0.4) is 0 Å². The Labute approximate surface area is 166 Å². The average Bonchev–Trinajstić information content (AvgIpc) is 2.72. The highest BCUT2D eigenvalue weighted by Crippen LogP contribution is 2.26. The zero-order chi connectivity index (χ0) is 19.9. The maximum atomic E-state index is 12.8. The van der Waals surface area contributed by atoms with Gasteiger partial charge < -0.3 is 19.5 Å². The Hall–Kier alpha value is -2.57. The van der Waals surface area contributed by atoms with Crippen LogP contribution in [0.1, 0.15) is 24.1 Å². The summed E-state index contributed by atoms with van der Waals surface area (Å²) < 4.78 is 16.1. The Morgan fingerprint density at radius 3 is 2.07 bits per heavy atom. The van der Waals surface area contributed by atoms with Crippen LogP contribution in [-0.4, -0.2) is 57.4 Å². The fourth-order valence-corrected chi connectivity index (χ4v) is 3.40. The number of amides is 1. The Morgan fingerprint density at radius 1 is 1.07 bits per heavy atom. The summed E-state index contributed by atoms with van der Waals surface area (Å²) in [6.45, 7) is 4.59. The number of rotatable bonds is 7. The van der Waals surface area contributed by atoms with Crippen LogP contribution in [0.5, 0.6) is 11.5 Å². The highest BCUT2D eigenvalue weighted by molar-refractivity contribution is 5.79. The highest BCUT2D eigenvalue weighted by Gasteiger charge is 2.22. The molecule has 0 aromatic heterocycles. The standard InChI is InChI=1S/C22H28N2O4/c1-16-14-24(12-13-28-16)15-21(25)23-22(17-4-8-19(26-2)9-5-17)18-6-10-20(27-3)11-7-18/h4-11,16,22H,12-15H2,1-3H3,(H,23,25). The summed E-state index contributed by atoms with van der Waals surface area (Å²) in [7, 11) is 3.28. The lowest BCUT2D eigenvalue weighted by Crippen LogP contribution is -2.46. The second-order valence-electron chi connectivity index (χ2n) is 6.96. The SMILES string of the molecule is COc1ccc(C(NC(=O)CN2CCOC(C)C2)c2ccc(OC)cc2)cc1. The van der Waals surface area contributed by atoms with Gasteiger partial charge >= 0.3 is 0 Å². The first-order valence-electron chi connectivity index (χ1n) is 9.50. The molecule has 2 aromatic carbocycles. The van der Waals surface area contributed by atoms with E-state index in [-0.39, 0.29) is 18.1 Å². The van der Waals surface area contributed by atoms with Crippen LogP contribution in [0.4, 0.5) is 0 Å². The molecule has 1 aliphatic rings. The second-order valence-corrected chi connectivity index (χ2v) is 6.96. The van der Waals surface area contributed by atoms with Crippen molar-refractivity contribution in [3.8, 4) is 11.5 Å². The van der Waals surface area contributed by atoms with Crippen molar-refractivity contribution in [2.24, 2.45) is 0 Å². The predicted molar refractivity (Wildman–Crippen MR) is 108 cm³/mol. The smallest absolute Gasteiger partial charge is 0.234 e. The number of nitrogens with zero attached hydrogens (tertiary/aromatic N) is 1. The largest absolute Gasteiger partial charge is 0.497 e. The van der Waals surface area contributed by atoms with Crippen molar-refractivity contribution in [3.05, 3.63) is 59.7 Å². The normalized spacial score (nSPS) is 17.4. The van der Waals surface area contributed by atoms with E-state index in [1.165, 1.54) is 0 Å². The number of hydrogen-bond donors (Lipinski definition) is 1. The number of benzene rings is 2. The molecule has 1 heterocycles. The van der Waals surface area contributed by atoms with E-state index in [0.29, 0.717) is 13.2 Å². The summed E-state index contributed by atoms with van der Waals surface area (Å²) in [4.78, 5) is 14.9. The number of carbonyl (C=O) groups is 1. The quantitative estimate of drug-likeness (QED) is 0.795. The molecule has 3 rings (SSSR count). The Morgan fingerprint density at radius 2 is 1.61 bits per heavy atom. The molecule has 1 fully saturated rings. The minimum absolute atomic E-state index is 0.00858. The van der Waals surface area contributed by atoms with Crippen molar-refractivity contribution in [2.45, 2.75) is 19.1 Å². The lowest BCUT2D eigenvalue weighted by molar-refractivity contribution is -0.124. The monoisotopic (exact) mass is 384 g/mol. The fraction of sp³-hybridized carbons (Fsp3) is 0.409. The second kappa shape index (κ2) is 9.57. The Balaban J connectivity index is 1.77. The van der Waals surface area contributed by atoms with Crippen LogP contribution in [-0.2, 0) is 9.53 Å². The van der Waals surface area contributed by atoms with Gasteiger partial charge in [-0.1, -0.05) is 24.3 Å². The molecule has 1 aliphatic heterocycles. The molecular formula is C22H28N2O4. The Kier molecular flexibility index (Phi) is 6.90. The number of ether oxygens (including phenoxy) is 3. The Bertz CT molecular complexity index is 714. The summed E-state index contributed by atoms with van der Waals surface area (Å²) in [5.41, 5.74) is 1.99. The van der Waals surface area contributed by atoms with Gasteiger partial charge in [0.15, 0.2) is 0 Å². The van der Waals surface area contributed by atoms with E-state index in [1.807, 2.05) is 55.5 Å². The summed E-state index contributed by atoms with van der Waals surface area (Å²) in [5, 5.41) is 3.18. The van der Waals surface area contributed by atoms with E-state index >= 15 is 0 Å². The van der Waals surface area contributed by atoms with Crippen LogP contribution in [0.15, 0.2) is 48.5 Å². The first-order valence-corrected chi connectivity index (χ1v) is 9.50. The minimum Gasteiger partial charge on any atom is -0.497 e. The third-order valence-electron chi connectivity index (χ3n) is 4.90. The maximum absolute atomic E-state index is 12.8. The highest BCUT2D eigenvalue weighted by atomic mass is 16.5. The zero-order valence-electron chi connectivity index (χ0n) is 16.7. The predicted octanol–water partition coefficient (Wildman–Crippen LogP) is 2.63. The lowest BCUT2D eigenvalue weighted by atomic mass is 9.98. The van der Waals surface area contributed by atoms with E-state index in [0.717, 1.165) is 35.7 Å². The molecule has 0 bridgehead atoms. The molecule has 150 valence electrons. The van der Waals surface area contributed by atoms with Gasteiger partial charge in [-0.05, 0) is 42.3 Å². The molecule has 1 atom stereocenters. The van der Waals surface area contributed by atoms with Crippen molar-refractivity contribution >= 4 is 5.91 Å². The molecule has 0 radical (unpaired) electrons. The van der Waals surface area contributed by atoms with Crippen LogP contribution >= 0.6 is 0 Å². The van der Waals surface area contributed by atoms with Gasteiger partial charge in [-0.25, -0.2) is 0 Å². The third-order valence-corrected chi connectivity index (χ3v) is 4.90. The lowest BCUT2D eigenvalue weighted by Gasteiger charge is -2.31. The number of nitrogens with one attached hydrogen (secondary N) is 1. The van der Waals surface area contributed by atoms with E-state index < -0.39 is 0 Å². The first kappa shape index (κ1) is 20.2. The molecule has 1 N–H and O–H groups in total. The van der Waals surface area contributed by atoms with Crippen molar-refractivity contribution < 1.29 is 19.0 Å². The first-order chi connectivity index (χ1) is 13.6. The van der Waals surface area contributed by atoms with Crippen LogP contribution in [0.25, 0.3) is 0 Å². The van der Waals surface area contributed by atoms with Crippen molar-refractivity contribution in [3.63, 3.8) is 0 Å².